The van der Waals surface area contributed by atoms with Gasteiger partial charge in [0.15, 0.2) is 0 Å². The quantitative estimate of drug-likeness (QED) is 0.713. The van der Waals surface area contributed by atoms with Gasteiger partial charge in [-0.25, -0.2) is 13.1 Å². The van der Waals surface area contributed by atoms with Crippen molar-refractivity contribution in [3.05, 3.63) is 69.6 Å². The van der Waals surface area contributed by atoms with Crippen LogP contribution in [0.3, 0.4) is 0 Å². The van der Waals surface area contributed by atoms with E-state index in [1.54, 1.807) is 50.7 Å². The highest BCUT2D eigenvalue weighted by atomic mass is 32.2. The summed E-state index contributed by atoms with van der Waals surface area (Å²) in [6, 6.07) is 12.2. The highest BCUT2D eigenvalue weighted by molar-refractivity contribution is 7.92. The third-order valence-corrected chi connectivity index (χ3v) is 6.48. The van der Waals surface area contributed by atoms with E-state index in [2.05, 4.69) is 4.72 Å². The Labute approximate surface area is 164 Å². The van der Waals surface area contributed by atoms with E-state index in [0.717, 1.165) is 5.56 Å². The average molecular weight is 401 g/mol. The lowest BCUT2D eigenvalue weighted by Gasteiger charge is -2.13. The molecule has 0 bridgehead atoms. The molecule has 3 rings (SSSR count). The van der Waals surface area contributed by atoms with Crippen LogP contribution >= 0.6 is 0 Å². The van der Waals surface area contributed by atoms with Crippen LogP contribution in [0, 0.1) is 20.8 Å². The Kier molecular flexibility index (Phi) is 5.08. The van der Waals surface area contributed by atoms with Gasteiger partial charge < -0.3 is 4.74 Å². The van der Waals surface area contributed by atoms with E-state index >= 15 is 0 Å². The minimum atomic E-state index is -3.95. The maximum absolute atomic E-state index is 13.0. The Morgan fingerprint density at radius 2 is 1.61 bits per heavy atom. The van der Waals surface area contributed by atoms with E-state index in [4.69, 9.17) is 4.74 Å². The summed E-state index contributed by atoms with van der Waals surface area (Å²) in [5, 5.41) is 0. The first-order chi connectivity index (χ1) is 13.2. The number of nitrogens with one attached hydrogen (secondary N) is 1. The number of benzene rings is 2. The summed E-state index contributed by atoms with van der Waals surface area (Å²) in [7, 11) is -0.706. The number of hydrogen-bond acceptors (Lipinski definition) is 4. The SMILES string of the molecule is COc1ccc(S(=O)(=O)Nc2c(C)n(C)n(-c3ccccc3)c2=O)c(C)c1C. The standard InChI is InChI=1S/C20H23N3O4S/c1-13-14(2)18(12-11-17(13)27-5)28(25,26)21-19-15(3)22(4)23(20(19)24)16-9-7-6-8-10-16/h6-12,21H,1-5H3. The normalized spacial score (nSPS) is 11.5. The van der Waals surface area contributed by atoms with Gasteiger partial charge in [0.1, 0.15) is 11.4 Å². The number of rotatable bonds is 5. The Balaban J connectivity index is 2.10. The molecule has 28 heavy (non-hydrogen) atoms. The lowest BCUT2D eigenvalue weighted by molar-refractivity contribution is 0.411. The van der Waals surface area contributed by atoms with Crippen molar-refractivity contribution in [2.24, 2.45) is 7.05 Å². The fourth-order valence-electron chi connectivity index (χ4n) is 3.16. The highest BCUT2D eigenvalue weighted by Gasteiger charge is 2.24. The second-order valence-electron chi connectivity index (χ2n) is 6.56. The molecule has 0 aliphatic heterocycles. The van der Waals surface area contributed by atoms with E-state index in [1.165, 1.54) is 17.9 Å². The summed E-state index contributed by atoms with van der Waals surface area (Å²) in [4.78, 5) is 13.1. The molecule has 1 N–H and O–H groups in total. The number of nitrogens with zero attached hydrogens (tertiary/aromatic N) is 2. The van der Waals surface area contributed by atoms with E-state index in [1.807, 2.05) is 18.2 Å². The van der Waals surface area contributed by atoms with E-state index in [0.29, 0.717) is 22.7 Å². The summed E-state index contributed by atoms with van der Waals surface area (Å²) >= 11 is 0. The van der Waals surface area contributed by atoms with Crippen molar-refractivity contribution in [2.75, 3.05) is 11.8 Å². The van der Waals surface area contributed by atoms with Gasteiger partial charge in [0, 0.05) is 7.05 Å². The molecule has 0 radical (unpaired) electrons. The van der Waals surface area contributed by atoms with Crippen LogP contribution in [-0.2, 0) is 17.1 Å². The zero-order valence-corrected chi connectivity index (χ0v) is 17.3. The summed E-state index contributed by atoms with van der Waals surface area (Å²) < 4.78 is 36.8. The van der Waals surface area contributed by atoms with Crippen LogP contribution < -0.4 is 15.0 Å². The molecule has 0 aliphatic rings. The number of sulfonamides is 1. The fraction of sp³-hybridized carbons (Fsp3) is 0.250. The number of para-hydroxylation sites is 1. The lowest BCUT2D eigenvalue weighted by Crippen LogP contribution is -2.23. The van der Waals surface area contributed by atoms with Crippen molar-refractivity contribution in [1.82, 2.24) is 9.36 Å². The molecule has 8 heteroatoms. The van der Waals surface area contributed by atoms with Crippen LogP contribution in [0.5, 0.6) is 5.75 Å². The van der Waals surface area contributed by atoms with Gasteiger partial charge in [-0.05, 0) is 56.2 Å². The van der Waals surface area contributed by atoms with Gasteiger partial charge in [-0.15, -0.1) is 0 Å². The van der Waals surface area contributed by atoms with Gasteiger partial charge in [-0.1, -0.05) is 18.2 Å². The number of hydrogen-bond donors (Lipinski definition) is 1. The first-order valence-electron chi connectivity index (χ1n) is 8.70. The van der Waals surface area contributed by atoms with Crippen molar-refractivity contribution < 1.29 is 13.2 Å². The molecule has 1 heterocycles. The third-order valence-electron chi connectivity index (χ3n) is 4.99. The van der Waals surface area contributed by atoms with Gasteiger partial charge in [-0.2, -0.15) is 0 Å². The molecule has 0 saturated heterocycles. The van der Waals surface area contributed by atoms with Gasteiger partial charge in [0.25, 0.3) is 15.6 Å². The summed E-state index contributed by atoms with van der Waals surface area (Å²) in [5.74, 6) is 0.610. The number of aromatic nitrogens is 2. The van der Waals surface area contributed by atoms with E-state index < -0.39 is 15.6 Å². The van der Waals surface area contributed by atoms with Crippen LogP contribution in [0.1, 0.15) is 16.8 Å². The molecule has 7 nitrogen and oxygen atoms in total. The van der Waals surface area contributed by atoms with Crippen LogP contribution in [0.4, 0.5) is 5.69 Å². The van der Waals surface area contributed by atoms with Crippen molar-refractivity contribution in [3.63, 3.8) is 0 Å². The minimum absolute atomic E-state index is 0.0271. The van der Waals surface area contributed by atoms with Crippen molar-refractivity contribution in [2.45, 2.75) is 25.7 Å². The number of anilines is 1. The fourth-order valence-corrected chi connectivity index (χ4v) is 4.58. The number of methoxy groups -OCH3 is 1. The Bertz CT molecular complexity index is 1190. The van der Waals surface area contributed by atoms with Crippen molar-refractivity contribution in [1.29, 1.82) is 0 Å². The maximum atomic E-state index is 13.0. The Morgan fingerprint density at radius 3 is 2.21 bits per heavy atom. The molecule has 0 fully saturated rings. The van der Waals surface area contributed by atoms with Gasteiger partial charge >= 0.3 is 0 Å². The molecule has 2 aromatic carbocycles. The summed E-state index contributed by atoms with van der Waals surface area (Å²) in [6.07, 6.45) is 0. The largest absolute Gasteiger partial charge is 0.496 e. The summed E-state index contributed by atoms with van der Waals surface area (Å²) in [5.41, 5.74) is 2.07. The van der Waals surface area contributed by atoms with Crippen LogP contribution in [0.2, 0.25) is 0 Å². The van der Waals surface area contributed by atoms with Gasteiger partial charge in [-0.3, -0.25) is 14.2 Å². The first-order valence-corrected chi connectivity index (χ1v) is 10.2. The van der Waals surface area contributed by atoms with Crippen LogP contribution in [-0.4, -0.2) is 24.9 Å². The first kappa shape index (κ1) is 19.8. The second-order valence-corrected chi connectivity index (χ2v) is 8.21. The molecular formula is C20H23N3O4S. The molecule has 0 atom stereocenters. The predicted molar refractivity (Wildman–Crippen MR) is 109 cm³/mol. The molecule has 0 amide bonds. The molecule has 3 aromatic rings. The zero-order valence-electron chi connectivity index (χ0n) is 16.5. The number of ether oxygens (including phenoxy) is 1. The van der Waals surface area contributed by atoms with E-state index in [9.17, 15) is 13.2 Å². The Morgan fingerprint density at radius 1 is 0.964 bits per heavy atom. The Hall–Kier alpha value is -3.00. The molecule has 0 saturated carbocycles. The lowest BCUT2D eigenvalue weighted by atomic mass is 10.1. The molecular weight excluding hydrogens is 378 g/mol. The molecule has 148 valence electrons. The van der Waals surface area contributed by atoms with Crippen molar-refractivity contribution in [3.8, 4) is 11.4 Å². The highest BCUT2D eigenvalue weighted by Crippen LogP contribution is 2.28. The predicted octanol–water partition coefficient (Wildman–Crippen LogP) is 2.91. The second kappa shape index (κ2) is 7.20. The average Bonchev–Trinajstić information content (AvgIpc) is 2.87. The topological polar surface area (TPSA) is 82.3 Å². The molecule has 1 aromatic heterocycles. The van der Waals surface area contributed by atoms with Gasteiger partial charge in [0.2, 0.25) is 0 Å². The molecule has 0 spiro atoms. The summed E-state index contributed by atoms with van der Waals surface area (Å²) in [6.45, 7) is 5.21. The smallest absolute Gasteiger partial charge is 0.296 e. The molecule has 0 unspecified atom stereocenters. The minimum Gasteiger partial charge on any atom is -0.496 e. The third kappa shape index (κ3) is 3.20. The van der Waals surface area contributed by atoms with Crippen molar-refractivity contribution >= 4 is 15.7 Å². The van der Waals surface area contributed by atoms with Crippen LogP contribution in [0.15, 0.2) is 52.2 Å². The van der Waals surface area contributed by atoms with E-state index in [-0.39, 0.29) is 10.6 Å². The maximum Gasteiger partial charge on any atom is 0.296 e. The van der Waals surface area contributed by atoms with Gasteiger partial charge in [0.05, 0.1) is 23.4 Å². The zero-order chi connectivity index (χ0) is 20.6. The molecule has 0 aliphatic carbocycles. The van der Waals surface area contributed by atoms with Crippen LogP contribution in [0.25, 0.3) is 5.69 Å². The monoisotopic (exact) mass is 401 g/mol.